The molecule has 4 atom stereocenters. The van der Waals surface area contributed by atoms with Gasteiger partial charge in [0.2, 0.25) is 0 Å². The highest BCUT2D eigenvalue weighted by Crippen LogP contribution is 2.39. The number of benzene rings is 1. The Kier molecular flexibility index (Phi) is 7.24. The van der Waals surface area contributed by atoms with Crippen LogP contribution in [0.15, 0.2) is 54.9 Å². The molecular weight excluding hydrogens is 558 g/mol. The van der Waals surface area contributed by atoms with Crippen LogP contribution in [0, 0.1) is 11.6 Å². The molecule has 1 aromatic carbocycles. The Labute approximate surface area is 245 Å². The van der Waals surface area contributed by atoms with Gasteiger partial charge in [0.25, 0.3) is 0 Å². The molecule has 3 aromatic heterocycles. The Morgan fingerprint density at radius 2 is 1.74 bits per heavy atom. The number of piperazine rings is 1. The number of aromatic nitrogens is 3. The van der Waals surface area contributed by atoms with Gasteiger partial charge in [0.15, 0.2) is 5.82 Å². The van der Waals surface area contributed by atoms with Crippen molar-refractivity contribution in [3.63, 3.8) is 0 Å². The van der Waals surface area contributed by atoms with Crippen molar-refractivity contribution in [3.05, 3.63) is 72.1 Å². The number of hydrogen-bond donors (Lipinski definition) is 1. The van der Waals surface area contributed by atoms with Gasteiger partial charge in [-0.15, -0.1) is 9.24 Å². The third kappa shape index (κ3) is 4.99. The molecule has 3 aliphatic heterocycles. The van der Waals surface area contributed by atoms with Gasteiger partial charge in [0, 0.05) is 74.1 Å². The molecule has 3 saturated heterocycles. The average Bonchev–Trinajstić information content (AvgIpc) is 3.35. The summed E-state index contributed by atoms with van der Waals surface area (Å²) >= 11 is 0. The third-order valence-corrected chi connectivity index (χ3v) is 9.20. The lowest BCUT2D eigenvalue weighted by atomic mass is 10.0. The summed E-state index contributed by atoms with van der Waals surface area (Å²) in [6.07, 6.45) is 1.89. The van der Waals surface area contributed by atoms with Gasteiger partial charge in [-0.05, 0) is 48.6 Å². The minimum Gasteiger partial charge on any atom is -0.351 e. The van der Waals surface area contributed by atoms with E-state index >= 15 is 4.39 Å². The Hall–Kier alpha value is -3.33. The van der Waals surface area contributed by atoms with Crippen molar-refractivity contribution < 1.29 is 13.2 Å². The van der Waals surface area contributed by atoms with Crippen LogP contribution in [-0.4, -0.2) is 77.4 Å². The van der Waals surface area contributed by atoms with E-state index in [9.17, 15) is 8.78 Å². The standard InChI is InChI=1S/C31H33F3N7P/c1-18-16-39(21-13-35-14-21)8-9-40(18)28-6-2-19(12-37-28)30-25(34)15-36-26-5-7-29(38-31(26)30)41-17-20(32)10-27(41)23-11-22(42)3-4-24(23)33/h2-7,11-12,15,18,20-21,27,35H,8-10,13-14,16-17,42H2,1H3/t18-,20-,27+/m0/s1. The van der Waals surface area contributed by atoms with Crippen molar-refractivity contribution in [3.8, 4) is 11.1 Å². The third-order valence-electron chi connectivity index (χ3n) is 8.84. The zero-order valence-corrected chi connectivity index (χ0v) is 24.5. The number of hydrogen-bond acceptors (Lipinski definition) is 7. The number of alkyl halides is 1. The topological polar surface area (TPSA) is 60.4 Å². The van der Waals surface area contributed by atoms with Gasteiger partial charge in [0.05, 0.1) is 24.3 Å². The number of rotatable bonds is 5. The van der Waals surface area contributed by atoms with E-state index in [4.69, 9.17) is 9.97 Å². The first kappa shape index (κ1) is 27.5. The van der Waals surface area contributed by atoms with Gasteiger partial charge in [-0.3, -0.25) is 9.88 Å². The fraction of sp³-hybridized carbons (Fsp3) is 0.387. The largest absolute Gasteiger partial charge is 0.351 e. The van der Waals surface area contributed by atoms with E-state index < -0.39 is 18.0 Å². The number of nitrogens with zero attached hydrogens (tertiary/aromatic N) is 6. The Bertz CT molecular complexity index is 1620. The molecule has 0 saturated carbocycles. The minimum atomic E-state index is -1.14. The van der Waals surface area contributed by atoms with Crippen molar-refractivity contribution in [2.24, 2.45) is 0 Å². The monoisotopic (exact) mass is 591 g/mol. The number of anilines is 2. The molecule has 0 bridgehead atoms. The summed E-state index contributed by atoms with van der Waals surface area (Å²) < 4.78 is 45.0. The molecule has 0 amide bonds. The van der Waals surface area contributed by atoms with Crippen LogP contribution < -0.4 is 20.4 Å². The maximum Gasteiger partial charge on any atom is 0.151 e. The van der Waals surface area contributed by atoms with E-state index in [1.54, 1.807) is 35.4 Å². The molecule has 3 fully saturated rings. The van der Waals surface area contributed by atoms with E-state index in [1.807, 2.05) is 12.1 Å². The molecule has 3 aliphatic rings. The maximum atomic E-state index is 15.4. The van der Waals surface area contributed by atoms with Gasteiger partial charge in [-0.1, -0.05) is 6.07 Å². The zero-order valence-electron chi connectivity index (χ0n) is 23.3. The average molecular weight is 592 g/mol. The second-order valence-corrected chi connectivity index (χ2v) is 12.2. The Balaban J connectivity index is 1.20. The molecule has 0 spiro atoms. The summed E-state index contributed by atoms with van der Waals surface area (Å²) in [6, 6.07) is 12.5. The highest BCUT2D eigenvalue weighted by Gasteiger charge is 2.36. The second-order valence-electron chi connectivity index (χ2n) is 11.6. The summed E-state index contributed by atoms with van der Waals surface area (Å²) in [4.78, 5) is 20.4. The van der Waals surface area contributed by atoms with Crippen LogP contribution in [-0.2, 0) is 0 Å². The summed E-state index contributed by atoms with van der Waals surface area (Å²) in [5.41, 5.74) is 2.17. The molecule has 1 unspecified atom stereocenters. The molecule has 11 heteroatoms. The van der Waals surface area contributed by atoms with E-state index in [-0.39, 0.29) is 18.8 Å². The van der Waals surface area contributed by atoms with Crippen LogP contribution in [0.3, 0.4) is 0 Å². The molecule has 42 heavy (non-hydrogen) atoms. The fourth-order valence-electron chi connectivity index (χ4n) is 6.51. The van der Waals surface area contributed by atoms with Crippen molar-refractivity contribution in [2.45, 2.75) is 37.6 Å². The lowest BCUT2D eigenvalue weighted by Crippen LogP contribution is -2.63. The molecule has 6 heterocycles. The maximum absolute atomic E-state index is 15.4. The van der Waals surface area contributed by atoms with Crippen LogP contribution in [0.5, 0.6) is 0 Å². The van der Waals surface area contributed by atoms with Gasteiger partial charge >= 0.3 is 0 Å². The second kappa shape index (κ2) is 11.1. The first-order valence-electron chi connectivity index (χ1n) is 14.4. The van der Waals surface area contributed by atoms with Crippen molar-refractivity contribution in [1.29, 1.82) is 0 Å². The number of fused-ring (bicyclic) bond motifs is 1. The molecule has 0 aliphatic carbocycles. The highest BCUT2D eigenvalue weighted by molar-refractivity contribution is 7.27. The van der Waals surface area contributed by atoms with Crippen molar-refractivity contribution >= 4 is 37.2 Å². The van der Waals surface area contributed by atoms with E-state index in [0.717, 1.165) is 43.8 Å². The van der Waals surface area contributed by atoms with Gasteiger partial charge in [-0.2, -0.15) is 0 Å². The lowest BCUT2D eigenvalue weighted by molar-refractivity contribution is 0.122. The Morgan fingerprint density at radius 1 is 0.905 bits per heavy atom. The van der Waals surface area contributed by atoms with Crippen LogP contribution in [0.1, 0.15) is 24.9 Å². The SMILES string of the molecule is C[C@H]1CN(C2CNC2)CCN1c1ccc(-c2c(F)cnc3ccc(N4C[C@@H](F)C[C@@H]4c4cc(P)ccc4F)nc23)cn1. The van der Waals surface area contributed by atoms with Crippen LogP contribution >= 0.6 is 9.24 Å². The van der Waals surface area contributed by atoms with E-state index in [2.05, 4.69) is 36.3 Å². The first-order chi connectivity index (χ1) is 20.4. The summed E-state index contributed by atoms with van der Waals surface area (Å²) in [5, 5.41) is 4.16. The van der Waals surface area contributed by atoms with Gasteiger partial charge < -0.3 is 15.1 Å². The quantitative estimate of drug-likeness (QED) is 0.349. The number of pyridine rings is 3. The van der Waals surface area contributed by atoms with E-state index in [0.29, 0.717) is 45.6 Å². The van der Waals surface area contributed by atoms with Crippen LogP contribution in [0.2, 0.25) is 0 Å². The molecule has 4 aromatic rings. The summed E-state index contributed by atoms with van der Waals surface area (Å²) in [7, 11) is 2.56. The molecule has 7 nitrogen and oxygen atoms in total. The number of halogens is 3. The van der Waals surface area contributed by atoms with Crippen molar-refractivity contribution in [1.82, 2.24) is 25.2 Å². The zero-order chi connectivity index (χ0) is 29.0. The predicted octanol–water partition coefficient (Wildman–Crippen LogP) is 4.24. The first-order valence-corrected chi connectivity index (χ1v) is 15.0. The molecular formula is C31H33F3N7P. The van der Waals surface area contributed by atoms with E-state index in [1.165, 1.54) is 12.3 Å². The summed E-state index contributed by atoms with van der Waals surface area (Å²) in [5.74, 6) is 0.410. The normalized spacial score (nSPS) is 23.5. The predicted molar refractivity (Wildman–Crippen MR) is 163 cm³/mol. The van der Waals surface area contributed by atoms with Crippen LogP contribution in [0.25, 0.3) is 22.2 Å². The lowest BCUT2D eigenvalue weighted by Gasteiger charge is -2.46. The highest BCUT2D eigenvalue weighted by atomic mass is 31.0. The van der Waals surface area contributed by atoms with Gasteiger partial charge in [0.1, 0.15) is 29.1 Å². The molecule has 0 radical (unpaired) electrons. The fourth-order valence-corrected chi connectivity index (χ4v) is 6.79. The molecule has 1 N–H and O–H groups in total. The number of nitrogens with one attached hydrogen (secondary N) is 1. The molecule has 7 rings (SSSR count). The van der Waals surface area contributed by atoms with Gasteiger partial charge in [-0.25, -0.2) is 23.1 Å². The van der Waals surface area contributed by atoms with Crippen molar-refractivity contribution in [2.75, 3.05) is 49.1 Å². The van der Waals surface area contributed by atoms with Crippen LogP contribution in [0.4, 0.5) is 24.8 Å². The minimum absolute atomic E-state index is 0.0702. The molecule has 218 valence electrons. The Morgan fingerprint density at radius 3 is 2.48 bits per heavy atom. The smallest absolute Gasteiger partial charge is 0.151 e. The summed E-state index contributed by atoms with van der Waals surface area (Å²) in [6.45, 7) is 7.23.